The van der Waals surface area contributed by atoms with Gasteiger partial charge in [0.25, 0.3) is 0 Å². The van der Waals surface area contributed by atoms with Gasteiger partial charge in [-0.05, 0) is 25.5 Å². The van der Waals surface area contributed by atoms with Gasteiger partial charge in [-0.15, -0.1) is 0 Å². The predicted octanol–water partition coefficient (Wildman–Crippen LogP) is 2.50. The molecule has 0 amide bonds. The third kappa shape index (κ3) is 6.16. The van der Waals surface area contributed by atoms with Gasteiger partial charge in [0.15, 0.2) is 5.96 Å². The zero-order chi connectivity index (χ0) is 22.2. The third-order valence-corrected chi connectivity index (χ3v) is 5.22. The molecule has 0 spiro atoms. The molecule has 1 unspecified atom stereocenters. The maximum Gasteiger partial charge on any atom is 0.191 e. The van der Waals surface area contributed by atoms with Crippen LogP contribution in [0.4, 0.5) is 11.5 Å². The molecule has 1 aliphatic rings. The maximum atomic E-state index is 5.42. The minimum absolute atomic E-state index is 0.302. The molecular weight excluding hydrogens is 392 g/mol. The van der Waals surface area contributed by atoms with E-state index in [0.717, 1.165) is 60.7 Å². The van der Waals surface area contributed by atoms with Crippen LogP contribution in [-0.2, 0) is 6.54 Å². The molecule has 0 bridgehead atoms. The maximum absolute atomic E-state index is 5.42. The summed E-state index contributed by atoms with van der Waals surface area (Å²) in [6.45, 7) is 5.25. The van der Waals surface area contributed by atoms with Crippen molar-refractivity contribution >= 4 is 17.5 Å². The van der Waals surface area contributed by atoms with Gasteiger partial charge < -0.3 is 29.9 Å². The zero-order valence-electron chi connectivity index (χ0n) is 19.2. The number of aromatic nitrogens is 1. The standard InChI is InChI=1S/C23H34N6O2/c1-6-24-23(25-15-17-8-7-9-22(26-17)28(2)3)27-18-10-11-29(16-18)19-12-20(30-4)14-21(13-19)31-5/h7-9,12-14,18H,6,10-11,15-16H2,1-5H3,(H2,24,25,27). The summed E-state index contributed by atoms with van der Waals surface area (Å²) in [5, 5.41) is 6.93. The van der Waals surface area contributed by atoms with E-state index in [-0.39, 0.29) is 0 Å². The average molecular weight is 427 g/mol. The number of guanidine groups is 1. The van der Waals surface area contributed by atoms with Crippen molar-refractivity contribution in [2.24, 2.45) is 4.99 Å². The second kappa shape index (κ2) is 10.7. The van der Waals surface area contributed by atoms with E-state index in [1.54, 1.807) is 14.2 Å². The number of methoxy groups -OCH3 is 2. The first-order valence-corrected chi connectivity index (χ1v) is 10.7. The van der Waals surface area contributed by atoms with E-state index in [1.165, 1.54) is 0 Å². The molecule has 1 aromatic heterocycles. The predicted molar refractivity (Wildman–Crippen MR) is 127 cm³/mol. The van der Waals surface area contributed by atoms with Crippen molar-refractivity contribution in [3.05, 3.63) is 42.1 Å². The monoisotopic (exact) mass is 426 g/mol. The molecule has 8 heteroatoms. The largest absolute Gasteiger partial charge is 0.497 e. The molecule has 1 aromatic carbocycles. The first-order valence-electron chi connectivity index (χ1n) is 10.7. The van der Waals surface area contributed by atoms with Crippen molar-refractivity contribution in [3.63, 3.8) is 0 Å². The van der Waals surface area contributed by atoms with E-state index in [2.05, 4.69) is 27.4 Å². The lowest BCUT2D eigenvalue weighted by Gasteiger charge is -2.21. The van der Waals surface area contributed by atoms with E-state index >= 15 is 0 Å². The van der Waals surface area contributed by atoms with Crippen LogP contribution in [0.15, 0.2) is 41.4 Å². The van der Waals surface area contributed by atoms with Crippen molar-refractivity contribution in [2.45, 2.75) is 25.9 Å². The van der Waals surface area contributed by atoms with Crippen LogP contribution >= 0.6 is 0 Å². The number of pyridine rings is 1. The van der Waals surface area contributed by atoms with Gasteiger partial charge in [0.2, 0.25) is 0 Å². The van der Waals surface area contributed by atoms with E-state index in [9.17, 15) is 0 Å². The molecule has 0 aliphatic carbocycles. The quantitative estimate of drug-likeness (QED) is 0.496. The molecule has 1 fully saturated rings. The molecule has 2 aromatic rings. The fraction of sp³-hybridized carbons (Fsp3) is 0.478. The van der Waals surface area contributed by atoms with Gasteiger partial charge in [-0.1, -0.05) is 6.07 Å². The van der Waals surface area contributed by atoms with Gasteiger partial charge in [-0.2, -0.15) is 0 Å². The number of rotatable bonds is 8. The Labute approximate surface area is 185 Å². The van der Waals surface area contributed by atoms with Crippen molar-refractivity contribution in [1.29, 1.82) is 0 Å². The fourth-order valence-corrected chi connectivity index (χ4v) is 3.57. The van der Waals surface area contributed by atoms with Crippen molar-refractivity contribution in [1.82, 2.24) is 15.6 Å². The minimum Gasteiger partial charge on any atom is -0.497 e. The number of nitrogens with zero attached hydrogens (tertiary/aromatic N) is 4. The van der Waals surface area contributed by atoms with Crippen LogP contribution in [0.5, 0.6) is 11.5 Å². The normalized spacial score (nSPS) is 16.2. The highest BCUT2D eigenvalue weighted by Gasteiger charge is 2.24. The van der Waals surface area contributed by atoms with Crippen LogP contribution < -0.4 is 29.9 Å². The number of aliphatic imine (C=N–C) groups is 1. The molecule has 0 radical (unpaired) electrons. The first-order chi connectivity index (χ1) is 15.0. The van der Waals surface area contributed by atoms with Crippen LogP contribution in [0.3, 0.4) is 0 Å². The van der Waals surface area contributed by atoms with Crippen LogP contribution in [0.25, 0.3) is 0 Å². The molecule has 8 nitrogen and oxygen atoms in total. The Morgan fingerprint density at radius 1 is 1.19 bits per heavy atom. The summed E-state index contributed by atoms with van der Waals surface area (Å²) in [6, 6.07) is 12.3. The summed E-state index contributed by atoms with van der Waals surface area (Å²) in [5.74, 6) is 3.35. The highest BCUT2D eigenvalue weighted by atomic mass is 16.5. The number of anilines is 2. The van der Waals surface area contributed by atoms with Crippen LogP contribution in [0, 0.1) is 0 Å². The van der Waals surface area contributed by atoms with E-state index in [0.29, 0.717) is 12.6 Å². The molecule has 168 valence electrons. The summed E-state index contributed by atoms with van der Waals surface area (Å²) in [6.07, 6.45) is 1.03. The minimum atomic E-state index is 0.302. The number of hydrogen-bond donors (Lipinski definition) is 2. The Balaban J connectivity index is 1.65. The Morgan fingerprint density at radius 3 is 2.58 bits per heavy atom. The number of nitrogens with one attached hydrogen (secondary N) is 2. The first kappa shape index (κ1) is 22.5. The average Bonchev–Trinajstić information content (AvgIpc) is 3.26. The Kier molecular flexibility index (Phi) is 7.81. The topological polar surface area (TPSA) is 74.3 Å². The molecule has 1 atom stereocenters. The summed E-state index contributed by atoms with van der Waals surface area (Å²) >= 11 is 0. The third-order valence-electron chi connectivity index (χ3n) is 5.22. The number of hydrogen-bond acceptors (Lipinski definition) is 6. The molecule has 2 heterocycles. The van der Waals surface area contributed by atoms with E-state index in [1.807, 2.05) is 55.4 Å². The van der Waals surface area contributed by atoms with Gasteiger partial charge in [0, 0.05) is 63.7 Å². The summed E-state index contributed by atoms with van der Waals surface area (Å²) < 4.78 is 10.8. The van der Waals surface area contributed by atoms with Gasteiger partial charge in [0.1, 0.15) is 17.3 Å². The van der Waals surface area contributed by atoms with Crippen LogP contribution in [0.1, 0.15) is 19.0 Å². The SMILES string of the molecule is CCNC(=NCc1cccc(N(C)C)n1)NC1CCN(c2cc(OC)cc(OC)c2)C1. The summed E-state index contributed by atoms with van der Waals surface area (Å²) in [4.78, 5) is 13.7. The zero-order valence-corrected chi connectivity index (χ0v) is 19.2. The van der Waals surface area contributed by atoms with Crippen LogP contribution in [0.2, 0.25) is 0 Å². The second-order valence-corrected chi connectivity index (χ2v) is 7.72. The smallest absolute Gasteiger partial charge is 0.191 e. The molecule has 0 saturated carbocycles. The van der Waals surface area contributed by atoms with E-state index < -0.39 is 0 Å². The molecule has 1 saturated heterocycles. The van der Waals surface area contributed by atoms with Gasteiger partial charge in [0.05, 0.1) is 26.5 Å². The molecule has 31 heavy (non-hydrogen) atoms. The summed E-state index contributed by atoms with van der Waals surface area (Å²) in [5.41, 5.74) is 2.05. The lowest BCUT2D eigenvalue weighted by atomic mass is 10.2. The van der Waals surface area contributed by atoms with Gasteiger partial charge in [-0.3, -0.25) is 0 Å². The number of benzene rings is 1. The van der Waals surface area contributed by atoms with Crippen molar-refractivity contribution < 1.29 is 9.47 Å². The lowest BCUT2D eigenvalue weighted by molar-refractivity contribution is 0.394. The van der Waals surface area contributed by atoms with E-state index in [4.69, 9.17) is 14.5 Å². The Bertz CT molecular complexity index is 864. The summed E-state index contributed by atoms with van der Waals surface area (Å²) in [7, 11) is 7.33. The number of ether oxygens (including phenoxy) is 2. The molecule has 3 rings (SSSR count). The highest BCUT2D eigenvalue weighted by Crippen LogP contribution is 2.30. The molecule has 1 aliphatic heterocycles. The van der Waals surface area contributed by atoms with Gasteiger partial charge in [-0.25, -0.2) is 9.98 Å². The lowest BCUT2D eigenvalue weighted by Crippen LogP contribution is -2.44. The highest BCUT2D eigenvalue weighted by molar-refractivity contribution is 5.80. The second-order valence-electron chi connectivity index (χ2n) is 7.72. The fourth-order valence-electron chi connectivity index (χ4n) is 3.57. The molecular formula is C23H34N6O2. The Hall–Kier alpha value is -3.16. The Morgan fingerprint density at radius 2 is 1.94 bits per heavy atom. The van der Waals surface area contributed by atoms with Crippen molar-refractivity contribution in [3.8, 4) is 11.5 Å². The van der Waals surface area contributed by atoms with Gasteiger partial charge >= 0.3 is 0 Å². The van der Waals surface area contributed by atoms with Crippen molar-refractivity contribution in [2.75, 3.05) is 57.7 Å². The van der Waals surface area contributed by atoms with Crippen LogP contribution in [-0.4, -0.2) is 64.9 Å². The molecule has 2 N–H and O–H groups in total.